The fourth-order valence-corrected chi connectivity index (χ4v) is 3.17. The number of hydrogen-bond acceptors (Lipinski definition) is 6. The molecule has 136 valence electrons. The SMILES string of the molecule is Cc1c(C(=O)NCCCSc2ccccc2)cc([N+](=O)[O-])cc1[N+](=O)[O-]. The van der Waals surface area contributed by atoms with Crippen LogP contribution in [0.15, 0.2) is 47.4 Å². The van der Waals surface area contributed by atoms with E-state index in [4.69, 9.17) is 0 Å². The molecular formula is C17H17N3O5S. The summed E-state index contributed by atoms with van der Waals surface area (Å²) in [5.74, 6) is 0.234. The van der Waals surface area contributed by atoms with Crippen LogP contribution in [0.2, 0.25) is 0 Å². The van der Waals surface area contributed by atoms with Crippen LogP contribution in [0.4, 0.5) is 11.4 Å². The lowest BCUT2D eigenvalue weighted by Gasteiger charge is -2.08. The number of carbonyl (C=O) groups excluding carboxylic acids is 1. The van der Waals surface area contributed by atoms with Crippen LogP contribution in [0, 0.1) is 27.2 Å². The van der Waals surface area contributed by atoms with Gasteiger partial charge in [-0.05, 0) is 31.2 Å². The highest BCUT2D eigenvalue weighted by atomic mass is 32.2. The Morgan fingerprint density at radius 1 is 1.12 bits per heavy atom. The summed E-state index contributed by atoms with van der Waals surface area (Å²) in [5.41, 5.74) is -0.866. The number of nitro groups is 2. The number of non-ortho nitro benzene ring substituents is 1. The van der Waals surface area contributed by atoms with Crippen LogP contribution in [0.5, 0.6) is 0 Å². The van der Waals surface area contributed by atoms with Crippen LogP contribution in [0.3, 0.4) is 0 Å². The Morgan fingerprint density at radius 3 is 2.42 bits per heavy atom. The van der Waals surface area contributed by atoms with Crippen LogP contribution in [-0.2, 0) is 0 Å². The van der Waals surface area contributed by atoms with Crippen LogP contribution < -0.4 is 5.32 Å². The number of nitrogens with zero attached hydrogens (tertiary/aromatic N) is 2. The monoisotopic (exact) mass is 375 g/mol. The first kappa shape index (κ1) is 19.4. The second-order valence-electron chi connectivity index (χ2n) is 5.42. The minimum Gasteiger partial charge on any atom is -0.352 e. The summed E-state index contributed by atoms with van der Waals surface area (Å²) in [6, 6.07) is 11.7. The van der Waals surface area contributed by atoms with Gasteiger partial charge in [-0.3, -0.25) is 25.0 Å². The van der Waals surface area contributed by atoms with Gasteiger partial charge in [-0.2, -0.15) is 0 Å². The van der Waals surface area contributed by atoms with Crippen molar-refractivity contribution in [2.75, 3.05) is 12.3 Å². The summed E-state index contributed by atoms with van der Waals surface area (Å²) in [5, 5.41) is 24.7. The summed E-state index contributed by atoms with van der Waals surface area (Å²) in [7, 11) is 0. The molecule has 0 bridgehead atoms. The van der Waals surface area contributed by atoms with E-state index < -0.39 is 27.1 Å². The smallest absolute Gasteiger partial charge is 0.279 e. The van der Waals surface area contributed by atoms with Crippen molar-refractivity contribution in [3.05, 3.63) is 73.8 Å². The van der Waals surface area contributed by atoms with Crippen molar-refractivity contribution in [2.45, 2.75) is 18.2 Å². The predicted octanol–water partition coefficient (Wildman–Crippen LogP) is 3.72. The second kappa shape index (κ2) is 8.95. The van der Waals surface area contributed by atoms with Crippen molar-refractivity contribution in [1.29, 1.82) is 0 Å². The van der Waals surface area contributed by atoms with Crippen molar-refractivity contribution in [3.8, 4) is 0 Å². The van der Waals surface area contributed by atoms with Crippen molar-refractivity contribution in [1.82, 2.24) is 5.32 Å². The van der Waals surface area contributed by atoms with Gasteiger partial charge in [-0.15, -0.1) is 11.8 Å². The first-order chi connectivity index (χ1) is 12.4. The molecule has 0 saturated heterocycles. The molecule has 0 aromatic heterocycles. The fourth-order valence-electron chi connectivity index (χ4n) is 2.29. The molecule has 26 heavy (non-hydrogen) atoms. The van der Waals surface area contributed by atoms with Gasteiger partial charge in [0.15, 0.2) is 0 Å². The highest BCUT2D eigenvalue weighted by molar-refractivity contribution is 7.99. The zero-order valence-electron chi connectivity index (χ0n) is 14.0. The average molecular weight is 375 g/mol. The maximum atomic E-state index is 12.3. The molecule has 0 atom stereocenters. The summed E-state index contributed by atoms with van der Waals surface area (Å²) in [6.07, 6.45) is 0.696. The number of benzene rings is 2. The van der Waals surface area contributed by atoms with Gasteiger partial charge in [0.05, 0.1) is 21.5 Å². The van der Waals surface area contributed by atoms with Crippen LogP contribution in [0.25, 0.3) is 0 Å². The molecule has 2 aromatic carbocycles. The molecule has 1 N–H and O–H groups in total. The Balaban J connectivity index is 1.98. The largest absolute Gasteiger partial charge is 0.352 e. The van der Waals surface area contributed by atoms with E-state index in [0.29, 0.717) is 13.0 Å². The standard InChI is InChI=1S/C17H17N3O5S/c1-12-15(10-13(19(22)23)11-16(12)20(24)25)17(21)18-8-5-9-26-14-6-3-2-4-7-14/h2-4,6-7,10-11H,5,8-9H2,1H3,(H,18,21). The van der Waals surface area contributed by atoms with Crippen molar-refractivity contribution >= 4 is 29.0 Å². The normalized spacial score (nSPS) is 10.3. The van der Waals surface area contributed by atoms with Gasteiger partial charge in [0.1, 0.15) is 0 Å². The highest BCUT2D eigenvalue weighted by Gasteiger charge is 2.24. The summed E-state index contributed by atoms with van der Waals surface area (Å²) in [6.45, 7) is 1.77. The molecule has 9 heteroatoms. The molecule has 0 fully saturated rings. The maximum Gasteiger partial charge on any atom is 0.279 e. The molecule has 2 rings (SSSR count). The summed E-state index contributed by atoms with van der Waals surface area (Å²) < 4.78 is 0. The molecule has 0 unspecified atom stereocenters. The lowest BCUT2D eigenvalue weighted by Crippen LogP contribution is -2.26. The molecular weight excluding hydrogens is 358 g/mol. The average Bonchev–Trinajstić information content (AvgIpc) is 2.61. The molecule has 0 aliphatic carbocycles. The van der Waals surface area contributed by atoms with Gasteiger partial charge in [0, 0.05) is 23.1 Å². The Hall–Kier alpha value is -2.94. The number of thioether (sulfide) groups is 1. The lowest BCUT2D eigenvalue weighted by molar-refractivity contribution is -0.394. The minimum absolute atomic E-state index is 0.0541. The van der Waals surface area contributed by atoms with Gasteiger partial charge in [-0.25, -0.2) is 0 Å². The van der Waals surface area contributed by atoms with Crippen molar-refractivity contribution in [3.63, 3.8) is 0 Å². The Kier molecular flexibility index (Phi) is 6.67. The Labute approximate surface area is 153 Å². The van der Waals surface area contributed by atoms with Gasteiger partial charge in [0.2, 0.25) is 0 Å². The number of hydrogen-bond donors (Lipinski definition) is 1. The van der Waals surface area contributed by atoms with Crippen LogP contribution in [0.1, 0.15) is 22.3 Å². The van der Waals surface area contributed by atoms with E-state index >= 15 is 0 Å². The maximum absolute atomic E-state index is 12.3. The van der Waals surface area contributed by atoms with Crippen LogP contribution >= 0.6 is 11.8 Å². The Bertz CT molecular complexity index is 827. The van der Waals surface area contributed by atoms with Gasteiger partial charge in [-0.1, -0.05) is 18.2 Å². The summed E-state index contributed by atoms with van der Waals surface area (Å²) in [4.78, 5) is 33.9. The molecule has 0 spiro atoms. The Morgan fingerprint density at radius 2 is 1.81 bits per heavy atom. The predicted molar refractivity (Wildman–Crippen MR) is 98.6 cm³/mol. The third-order valence-electron chi connectivity index (χ3n) is 3.64. The number of nitrogens with one attached hydrogen (secondary N) is 1. The van der Waals surface area contributed by atoms with E-state index in [1.54, 1.807) is 11.8 Å². The van der Waals surface area contributed by atoms with E-state index in [0.717, 1.165) is 22.8 Å². The van der Waals surface area contributed by atoms with E-state index in [9.17, 15) is 25.0 Å². The van der Waals surface area contributed by atoms with Crippen molar-refractivity contribution in [2.24, 2.45) is 0 Å². The van der Waals surface area contributed by atoms with Crippen molar-refractivity contribution < 1.29 is 14.6 Å². The number of nitro benzene ring substituents is 2. The van der Waals surface area contributed by atoms with Gasteiger partial charge < -0.3 is 5.32 Å². The molecule has 2 aromatic rings. The molecule has 0 radical (unpaired) electrons. The first-order valence-electron chi connectivity index (χ1n) is 7.79. The number of rotatable bonds is 8. The number of carbonyl (C=O) groups is 1. The second-order valence-corrected chi connectivity index (χ2v) is 6.59. The van der Waals surface area contributed by atoms with E-state index in [1.807, 2.05) is 30.3 Å². The first-order valence-corrected chi connectivity index (χ1v) is 8.78. The van der Waals surface area contributed by atoms with Gasteiger partial charge in [0.25, 0.3) is 17.3 Å². The molecule has 1 amide bonds. The molecule has 0 aliphatic rings. The molecule has 8 nitrogen and oxygen atoms in total. The van der Waals surface area contributed by atoms with E-state index in [2.05, 4.69) is 5.32 Å². The minimum atomic E-state index is -0.750. The summed E-state index contributed by atoms with van der Waals surface area (Å²) >= 11 is 1.65. The number of amides is 1. The molecule has 0 saturated carbocycles. The van der Waals surface area contributed by atoms with Gasteiger partial charge >= 0.3 is 0 Å². The lowest BCUT2D eigenvalue weighted by atomic mass is 10.0. The molecule has 0 aliphatic heterocycles. The zero-order chi connectivity index (χ0) is 19.1. The van der Waals surface area contributed by atoms with Crippen LogP contribution in [-0.4, -0.2) is 28.1 Å². The molecule has 0 heterocycles. The quantitative estimate of drug-likeness (QED) is 0.325. The fraction of sp³-hybridized carbons (Fsp3) is 0.235. The highest BCUT2D eigenvalue weighted by Crippen LogP contribution is 2.28. The zero-order valence-corrected chi connectivity index (χ0v) is 14.8. The van der Waals surface area contributed by atoms with E-state index in [1.165, 1.54) is 6.92 Å². The third-order valence-corrected chi connectivity index (χ3v) is 4.73. The topological polar surface area (TPSA) is 115 Å². The third kappa shape index (κ3) is 5.03. The van der Waals surface area contributed by atoms with E-state index in [-0.39, 0.29) is 11.1 Å².